The van der Waals surface area contributed by atoms with Gasteiger partial charge in [-0.3, -0.25) is 4.79 Å². The Morgan fingerprint density at radius 2 is 1.77 bits per heavy atom. The van der Waals surface area contributed by atoms with E-state index in [4.69, 9.17) is 0 Å². The SMILES string of the molecule is Cc1ccc(C(=O)Nc2ccc(NCCc3ccccc3)nc2)cc1C. The van der Waals surface area contributed by atoms with Crippen LogP contribution in [0.3, 0.4) is 0 Å². The number of rotatable bonds is 6. The monoisotopic (exact) mass is 345 g/mol. The normalized spacial score (nSPS) is 10.4. The number of benzene rings is 2. The Morgan fingerprint density at radius 3 is 2.46 bits per heavy atom. The molecule has 4 heteroatoms. The molecule has 0 fully saturated rings. The van der Waals surface area contributed by atoms with Crippen molar-refractivity contribution < 1.29 is 4.79 Å². The van der Waals surface area contributed by atoms with Gasteiger partial charge < -0.3 is 10.6 Å². The summed E-state index contributed by atoms with van der Waals surface area (Å²) >= 11 is 0. The fourth-order valence-corrected chi connectivity index (χ4v) is 2.64. The van der Waals surface area contributed by atoms with Gasteiger partial charge in [-0.05, 0) is 61.2 Å². The van der Waals surface area contributed by atoms with Gasteiger partial charge in [0, 0.05) is 12.1 Å². The number of hydrogen-bond acceptors (Lipinski definition) is 3. The summed E-state index contributed by atoms with van der Waals surface area (Å²) in [5.74, 6) is 0.671. The highest BCUT2D eigenvalue weighted by atomic mass is 16.1. The molecule has 3 aromatic rings. The first-order chi connectivity index (χ1) is 12.6. The van der Waals surface area contributed by atoms with Crippen LogP contribution in [0.2, 0.25) is 0 Å². The molecule has 1 aromatic heterocycles. The Kier molecular flexibility index (Phi) is 5.64. The number of nitrogens with one attached hydrogen (secondary N) is 2. The molecule has 1 heterocycles. The number of anilines is 2. The van der Waals surface area contributed by atoms with Crippen LogP contribution in [0.25, 0.3) is 0 Å². The van der Waals surface area contributed by atoms with E-state index in [1.165, 1.54) is 11.1 Å². The molecular formula is C22H23N3O. The van der Waals surface area contributed by atoms with Crippen LogP contribution in [-0.4, -0.2) is 17.4 Å². The summed E-state index contributed by atoms with van der Waals surface area (Å²) in [5.41, 5.74) is 4.90. The first kappa shape index (κ1) is 17.7. The van der Waals surface area contributed by atoms with Gasteiger partial charge in [-0.1, -0.05) is 36.4 Å². The second-order valence-corrected chi connectivity index (χ2v) is 6.35. The molecule has 0 unspecified atom stereocenters. The second-order valence-electron chi connectivity index (χ2n) is 6.35. The van der Waals surface area contributed by atoms with Gasteiger partial charge in [0.25, 0.3) is 5.91 Å². The van der Waals surface area contributed by atoms with E-state index in [0.29, 0.717) is 11.3 Å². The van der Waals surface area contributed by atoms with E-state index < -0.39 is 0 Å². The van der Waals surface area contributed by atoms with E-state index in [0.717, 1.165) is 24.3 Å². The third-order valence-electron chi connectivity index (χ3n) is 4.35. The predicted octanol–water partition coefficient (Wildman–Crippen LogP) is 4.61. The highest BCUT2D eigenvalue weighted by Gasteiger charge is 2.07. The van der Waals surface area contributed by atoms with Gasteiger partial charge in [-0.2, -0.15) is 0 Å². The number of nitrogens with zero attached hydrogens (tertiary/aromatic N) is 1. The standard InChI is InChI=1S/C22H23N3O/c1-16-8-9-19(14-17(16)2)22(26)25-20-10-11-21(24-15-20)23-13-12-18-6-4-3-5-7-18/h3-11,14-15H,12-13H2,1-2H3,(H,23,24)(H,25,26). The lowest BCUT2D eigenvalue weighted by atomic mass is 10.1. The summed E-state index contributed by atoms with van der Waals surface area (Å²) in [4.78, 5) is 16.7. The Labute approximate surface area is 154 Å². The van der Waals surface area contributed by atoms with Gasteiger partial charge in [-0.25, -0.2) is 4.98 Å². The maximum atomic E-state index is 12.3. The number of amides is 1. The Bertz CT molecular complexity index is 874. The number of hydrogen-bond donors (Lipinski definition) is 2. The summed E-state index contributed by atoms with van der Waals surface area (Å²) in [7, 11) is 0. The van der Waals surface area contributed by atoms with Gasteiger partial charge in [0.05, 0.1) is 11.9 Å². The largest absolute Gasteiger partial charge is 0.370 e. The van der Waals surface area contributed by atoms with Crippen LogP contribution < -0.4 is 10.6 Å². The minimum atomic E-state index is -0.125. The molecule has 0 aliphatic heterocycles. The van der Waals surface area contributed by atoms with Crippen molar-refractivity contribution >= 4 is 17.4 Å². The molecule has 2 aromatic carbocycles. The molecule has 0 aliphatic rings. The molecular weight excluding hydrogens is 322 g/mol. The van der Waals surface area contributed by atoms with Crippen molar-refractivity contribution in [1.82, 2.24) is 4.98 Å². The lowest BCUT2D eigenvalue weighted by Crippen LogP contribution is -2.13. The lowest BCUT2D eigenvalue weighted by molar-refractivity contribution is 0.102. The summed E-state index contributed by atoms with van der Waals surface area (Å²) < 4.78 is 0. The molecule has 0 saturated heterocycles. The van der Waals surface area contributed by atoms with Crippen LogP contribution in [0.1, 0.15) is 27.0 Å². The zero-order valence-corrected chi connectivity index (χ0v) is 15.1. The number of pyridine rings is 1. The quantitative estimate of drug-likeness (QED) is 0.686. The zero-order valence-electron chi connectivity index (χ0n) is 15.1. The van der Waals surface area contributed by atoms with Crippen molar-refractivity contribution in [2.45, 2.75) is 20.3 Å². The van der Waals surface area contributed by atoms with Crippen LogP contribution >= 0.6 is 0 Å². The maximum absolute atomic E-state index is 12.3. The number of aromatic nitrogens is 1. The van der Waals surface area contributed by atoms with Gasteiger partial charge >= 0.3 is 0 Å². The van der Waals surface area contributed by atoms with E-state index in [2.05, 4.69) is 27.8 Å². The molecule has 3 rings (SSSR count). The third kappa shape index (κ3) is 4.70. The van der Waals surface area contributed by atoms with Crippen LogP contribution in [0.5, 0.6) is 0 Å². The van der Waals surface area contributed by atoms with E-state index in [1.807, 2.05) is 62.4 Å². The molecule has 0 atom stereocenters. The van der Waals surface area contributed by atoms with Crippen LogP contribution in [0, 0.1) is 13.8 Å². The first-order valence-corrected chi connectivity index (χ1v) is 8.74. The lowest BCUT2D eigenvalue weighted by Gasteiger charge is -2.09. The van der Waals surface area contributed by atoms with Crippen molar-refractivity contribution in [3.05, 3.63) is 89.1 Å². The van der Waals surface area contributed by atoms with Gasteiger partial charge in [0.1, 0.15) is 5.82 Å². The molecule has 2 N–H and O–H groups in total. The van der Waals surface area contributed by atoms with Crippen molar-refractivity contribution in [2.75, 3.05) is 17.2 Å². The molecule has 1 amide bonds. The summed E-state index contributed by atoms with van der Waals surface area (Å²) in [6.07, 6.45) is 2.61. The summed E-state index contributed by atoms with van der Waals surface area (Å²) in [5, 5.41) is 6.18. The number of aryl methyl sites for hydroxylation is 2. The number of carbonyl (C=O) groups is 1. The molecule has 0 aliphatic carbocycles. The summed E-state index contributed by atoms with van der Waals surface area (Å²) in [6, 6.07) is 19.8. The fraction of sp³-hybridized carbons (Fsp3) is 0.182. The first-order valence-electron chi connectivity index (χ1n) is 8.74. The fourth-order valence-electron chi connectivity index (χ4n) is 2.64. The molecule has 132 valence electrons. The van der Waals surface area contributed by atoms with E-state index in [9.17, 15) is 4.79 Å². The predicted molar refractivity (Wildman–Crippen MR) is 107 cm³/mol. The highest BCUT2D eigenvalue weighted by Crippen LogP contribution is 2.14. The van der Waals surface area contributed by atoms with Crippen molar-refractivity contribution in [3.8, 4) is 0 Å². The van der Waals surface area contributed by atoms with Crippen LogP contribution in [0.15, 0.2) is 66.9 Å². The molecule has 0 bridgehead atoms. The Hall–Kier alpha value is -3.14. The Balaban J connectivity index is 1.53. The van der Waals surface area contributed by atoms with E-state index in [-0.39, 0.29) is 5.91 Å². The van der Waals surface area contributed by atoms with Crippen LogP contribution in [-0.2, 0) is 6.42 Å². The molecule has 0 radical (unpaired) electrons. The van der Waals surface area contributed by atoms with Crippen molar-refractivity contribution in [2.24, 2.45) is 0 Å². The van der Waals surface area contributed by atoms with Crippen molar-refractivity contribution in [3.63, 3.8) is 0 Å². The third-order valence-corrected chi connectivity index (χ3v) is 4.35. The average molecular weight is 345 g/mol. The van der Waals surface area contributed by atoms with Crippen molar-refractivity contribution in [1.29, 1.82) is 0 Å². The molecule has 26 heavy (non-hydrogen) atoms. The van der Waals surface area contributed by atoms with E-state index >= 15 is 0 Å². The minimum absolute atomic E-state index is 0.125. The highest BCUT2D eigenvalue weighted by molar-refractivity contribution is 6.04. The van der Waals surface area contributed by atoms with Gasteiger partial charge in [-0.15, -0.1) is 0 Å². The zero-order chi connectivity index (χ0) is 18.4. The van der Waals surface area contributed by atoms with E-state index in [1.54, 1.807) is 6.20 Å². The second kappa shape index (κ2) is 8.30. The maximum Gasteiger partial charge on any atom is 0.255 e. The Morgan fingerprint density at radius 1 is 0.962 bits per heavy atom. The molecule has 0 saturated carbocycles. The van der Waals surface area contributed by atoms with Crippen LogP contribution in [0.4, 0.5) is 11.5 Å². The molecule has 0 spiro atoms. The minimum Gasteiger partial charge on any atom is -0.370 e. The summed E-state index contributed by atoms with van der Waals surface area (Å²) in [6.45, 7) is 4.85. The smallest absolute Gasteiger partial charge is 0.255 e. The topological polar surface area (TPSA) is 54.0 Å². The van der Waals surface area contributed by atoms with Gasteiger partial charge in [0.2, 0.25) is 0 Å². The average Bonchev–Trinajstić information content (AvgIpc) is 2.66. The van der Waals surface area contributed by atoms with Gasteiger partial charge in [0.15, 0.2) is 0 Å². The number of carbonyl (C=O) groups excluding carboxylic acids is 1. The molecule has 4 nitrogen and oxygen atoms in total.